The third-order valence-electron chi connectivity index (χ3n) is 5.20. The number of hydrogen-bond acceptors (Lipinski definition) is 6. The maximum Gasteiger partial charge on any atom is 0.317 e. The predicted molar refractivity (Wildman–Crippen MR) is 130 cm³/mol. The molecule has 0 unspecified atom stereocenters. The van der Waals surface area contributed by atoms with Crippen molar-refractivity contribution in [1.82, 2.24) is 5.32 Å². The van der Waals surface area contributed by atoms with Crippen LogP contribution in [0.15, 0.2) is 18.2 Å². The summed E-state index contributed by atoms with van der Waals surface area (Å²) >= 11 is 0. The van der Waals surface area contributed by atoms with Crippen LogP contribution in [0.4, 0.5) is 0 Å². The molecule has 7 heteroatoms. The van der Waals surface area contributed by atoms with Gasteiger partial charge in [0.1, 0.15) is 0 Å². The van der Waals surface area contributed by atoms with Gasteiger partial charge in [-0.2, -0.15) is 0 Å². The monoisotopic (exact) mass is 469 g/mol. The van der Waals surface area contributed by atoms with Crippen molar-refractivity contribution in [2.24, 2.45) is 10.8 Å². The van der Waals surface area contributed by atoms with Crippen LogP contribution >= 0.6 is 12.4 Å². The number of carbonyl (C=O) groups is 3. The predicted octanol–water partition coefficient (Wildman–Crippen LogP) is 5.75. The van der Waals surface area contributed by atoms with E-state index >= 15 is 0 Å². The summed E-state index contributed by atoms with van der Waals surface area (Å²) in [6.07, 6.45) is 2.99. The number of benzene rings is 1. The molecule has 0 bridgehead atoms. The number of esters is 2. The van der Waals surface area contributed by atoms with Crippen molar-refractivity contribution in [1.29, 1.82) is 0 Å². The van der Waals surface area contributed by atoms with Crippen LogP contribution in [0.1, 0.15) is 91.4 Å². The highest BCUT2D eigenvalue weighted by Gasteiger charge is 2.32. The van der Waals surface area contributed by atoms with Gasteiger partial charge < -0.3 is 14.8 Å². The Balaban J connectivity index is 0.00000961. The third-order valence-corrected chi connectivity index (χ3v) is 5.20. The SMILES string of the molecule is CCCC(C)(C)C(=O)Oc1ccc(C(=O)CNC(C)C)cc1OC(=O)C(C)(C)CCC.Cl. The molecule has 6 nitrogen and oxygen atoms in total. The van der Waals surface area contributed by atoms with E-state index in [1.54, 1.807) is 6.07 Å². The highest BCUT2D eigenvalue weighted by molar-refractivity contribution is 5.98. The Morgan fingerprint density at radius 3 is 1.78 bits per heavy atom. The van der Waals surface area contributed by atoms with Crippen molar-refractivity contribution >= 4 is 30.1 Å². The summed E-state index contributed by atoms with van der Waals surface area (Å²) in [5.74, 6) is -0.735. The zero-order chi connectivity index (χ0) is 23.8. The van der Waals surface area contributed by atoms with Gasteiger partial charge in [0.2, 0.25) is 0 Å². The summed E-state index contributed by atoms with van der Waals surface area (Å²) < 4.78 is 11.3. The van der Waals surface area contributed by atoms with E-state index in [-0.39, 0.29) is 42.3 Å². The van der Waals surface area contributed by atoms with E-state index in [1.165, 1.54) is 12.1 Å². The molecule has 1 N–H and O–H groups in total. The van der Waals surface area contributed by atoms with Crippen LogP contribution in [-0.4, -0.2) is 30.3 Å². The quantitative estimate of drug-likeness (QED) is 0.238. The molecule has 0 amide bonds. The fourth-order valence-electron chi connectivity index (χ4n) is 3.17. The van der Waals surface area contributed by atoms with Crippen LogP contribution in [0.2, 0.25) is 0 Å². The van der Waals surface area contributed by atoms with Crippen molar-refractivity contribution in [2.45, 2.75) is 87.1 Å². The number of halogens is 1. The molecule has 0 aliphatic rings. The summed E-state index contributed by atoms with van der Waals surface area (Å²) in [7, 11) is 0. The van der Waals surface area contributed by atoms with Gasteiger partial charge in [0.25, 0.3) is 0 Å². The van der Waals surface area contributed by atoms with Crippen LogP contribution in [0.25, 0.3) is 0 Å². The Morgan fingerprint density at radius 2 is 1.34 bits per heavy atom. The standard InChI is InChI=1S/C25H39NO5.ClH/c1-9-13-24(5,6)22(28)30-20-12-11-18(19(27)16-26-17(3)4)15-21(20)31-23(29)25(7,8)14-10-2;/h11-12,15,17,26H,9-10,13-14,16H2,1-8H3;1H. The minimum Gasteiger partial charge on any atom is -0.422 e. The first-order valence-corrected chi connectivity index (χ1v) is 11.2. The van der Waals surface area contributed by atoms with Gasteiger partial charge in [0.15, 0.2) is 17.3 Å². The number of ketones is 1. The van der Waals surface area contributed by atoms with Gasteiger partial charge in [-0.1, -0.05) is 40.5 Å². The average Bonchev–Trinajstić information content (AvgIpc) is 2.67. The zero-order valence-electron chi connectivity index (χ0n) is 20.8. The number of carbonyl (C=O) groups excluding carboxylic acids is 3. The van der Waals surface area contributed by atoms with Crippen LogP contribution in [0.3, 0.4) is 0 Å². The molecular formula is C25H40ClNO5. The van der Waals surface area contributed by atoms with Crippen molar-refractivity contribution in [3.63, 3.8) is 0 Å². The molecule has 0 spiro atoms. The Labute approximate surface area is 199 Å². The molecule has 32 heavy (non-hydrogen) atoms. The number of nitrogens with one attached hydrogen (secondary N) is 1. The second-order valence-electron chi connectivity index (χ2n) is 9.67. The second kappa shape index (κ2) is 12.9. The molecule has 0 fully saturated rings. The lowest BCUT2D eigenvalue weighted by Crippen LogP contribution is -2.31. The number of hydrogen-bond donors (Lipinski definition) is 1. The van der Waals surface area contributed by atoms with Gasteiger partial charge in [0, 0.05) is 11.6 Å². The van der Waals surface area contributed by atoms with E-state index < -0.39 is 22.8 Å². The highest BCUT2D eigenvalue weighted by Crippen LogP contribution is 2.34. The van der Waals surface area contributed by atoms with E-state index in [2.05, 4.69) is 5.32 Å². The zero-order valence-corrected chi connectivity index (χ0v) is 21.6. The van der Waals surface area contributed by atoms with Crippen LogP contribution in [-0.2, 0) is 9.59 Å². The topological polar surface area (TPSA) is 81.7 Å². The summed E-state index contributed by atoms with van der Waals surface area (Å²) in [5.41, 5.74) is -0.985. The number of ether oxygens (including phenoxy) is 2. The van der Waals surface area contributed by atoms with Crippen LogP contribution in [0, 0.1) is 10.8 Å². The molecule has 182 valence electrons. The van der Waals surface area contributed by atoms with Crippen molar-refractivity contribution in [3.8, 4) is 11.5 Å². The second-order valence-corrected chi connectivity index (χ2v) is 9.67. The molecule has 0 radical (unpaired) electrons. The molecule has 0 atom stereocenters. The summed E-state index contributed by atoms with van der Waals surface area (Å²) in [6, 6.07) is 4.77. The van der Waals surface area contributed by atoms with Crippen LogP contribution < -0.4 is 14.8 Å². The van der Waals surface area contributed by atoms with Gasteiger partial charge in [-0.25, -0.2) is 0 Å². The van der Waals surface area contributed by atoms with E-state index in [4.69, 9.17) is 9.47 Å². The van der Waals surface area contributed by atoms with Gasteiger partial charge in [-0.3, -0.25) is 14.4 Å². The van der Waals surface area contributed by atoms with Gasteiger partial charge in [-0.05, 0) is 58.7 Å². The first-order valence-electron chi connectivity index (χ1n) is 11.2. The minimum atomic E-state index is -0.698. The number of Topliss-reactive ketones (excluding diaryl/α,β-unsaturated/α-hetero) is 1. The van der Waals surface area contributed by atoms with Gasteiger partial charge in [-0.15, -0.1) is 12.4 Å². The maximum atomic E-state index is 12.8. The average molecular weight is 470 g/mol. The molecule has 0 heterocycles. The molecule has 0 saturated carbocycles. The smallest absolute Gasteiger partial charge is 0.317 e. The lowest BCUT2D eigenvalue weighted by Gasteiger charge is -2.24. The molecule has 0 aliphatic heterocycles. The lowest BCUT2D eigenvalue weighted by molar-refractivity contribution is -0.147. The Morgan fingerprint density at radius 1 is 0.875 bits per heavy atom. The van der Waals surface area contributed by atoms with E-state index in [0.717, 1.165) is 12.8 Å². The van der Waals surface area contributed by atoms with E-state index in [9.17, 15) is 14.4 Å². The van der Waals surface area contributed by atoms with E-state index in [0.29, 0.717) is 18.4 Å². The maximum absolute atomic E-state index is 12.8. The largest absolute Gasteiger partial charge is 0.422 e. The Hall–Kier alpha value is -1.92. The summed E-state index contributed by atoms with van der Waals surface area (Å²) in [5, 5.41) is 3.08. The lowest BCUT2D eigenvalue weighted by atomic mass is 9.88. The third kappa shape index (κ3) is 8.91. The van der Waals surface area contributed by atoms with Crippen molar-refractivity contribution in [2.75, 3.05) is 6.54 Å². The molecule has 0 saturated heterocycles. The van der Waals surface area contributed by atoms with Crippen molar-refractivity contribution < 1.29 is 23.9 Å². The summed E-state index contributed by atoms with van der Waals surface area (Å²) in [4.78, 5) is 38.1. The summed E-state index contributed by atoms with van der Waals surface area (Å²) in [6.45, 7) is 15.4. The Bertz CT molecular complexity index is 787. The fraction of sp³-hybridized carbons (Fsp3) is 0.640. The normalized spacial score (nSPS) is 11.7. The van der Waals surface area contributed by atoms with Gasteiger partial charge in [0.05, 0.1) is 17.4 Å². The van der Waals surface area contributed by atoms with Crippen LogP contribution in [0.5, 0.6) is 11.5 Å². The Kier molecular flexibility index (Phi) is 12.2. The van der Waals surface area contributed by atoms with Crippen molar-refractivity contribution in [3.05, 3.63) is 23.8 Å². The molecular weight excluding hydrogens is 430 g/mol. The molecule has 1 aromatic rings. The first kappa shape index (κ1) is 30.1. The molecule has 0 aromatic heterocycles. The highest BCUT2D eigenvalue weighted by atomic mass is 35.5. The first-order chi connectivity index (χ1) is 14.3. The van der Waals surface area contributed by atoms with E-state index in [1.807, 2.05) is 55.4 Å². The number of rotatable bonds is 12. The molecule has 1 aromatic carbocycles. The fourth-order valence-corrected chi connectivity index (χ4v) is 3.17. The molecule has 0 aliphatic carbocycles. The minimum absolute atomic E-state index is 0. The molecule has 1 rings (SSSR count). The van der Waals surface area contributed by atoms with Gasteiger partial charge >= 0.3 is 11.9 Å².